The number of nitrogens with zero attached hydrogens (tertiary/aromatic N) is 3. The van der Waals surface area contributed by atoms with Crippen molar-refractivity contribution in [2.45, 2.75) is 45.1 Å². The average molecular weight is 596 g/mol. The molecule has 2 amide bonds. The number of carbonyl (C=O) groups is 3. The molecule has 212 valence electrons. The van der Waals surface area contributed by atoms with Gasteiger partial charge in [0.25, 0.3) is 11.1 Å². The van der Waals surface area contributed by atoms with Gasteiger partial charge in [-0.1, -0.05) is 23.7 Å². The molecule has 2 heterocycles. The number of esters is 1. The Kier molecular flexibility index (Phi) is 8.34. The predicted octanol–water partition coefficient (Wildman–Crippen LogP) is 6.15. The maximum Gasteiger partial charge on any atom is 0.416 e. The standard InChI is InChI=1S/C27H25ClF3N3O5S/c1-26(2,3)39-14-21(24(36)38-4)34-23(35)22(40-25(34)37)10-15-5-8-20-17(9-15)12-32-33(20)13-16-6-7-18(28)11-19(16)27(29,30)31/h5-12,21H,13-14H2,1-4H3. The van der Waals surface area contributed by atoms with Crippen molar-refractivity contribution in [3.8, 4) is 0 Å². The number of imide groups is 1. The van der Waals surface area contributed by atoms with E-state index < -0.39 is 40.5 Å². The summed E-state index contributed by atoms with van der Waals surface area (Å²) in [7, 11) is 1.16. The first-order valence-corrected chi connectivity index (χ1v) is 13.2. The van der Waals surface area contributed by atoms with Crippen LogP contribution < -0.4 is 0 Å². The normalized spacial score (nSPS) is 16.3. The van der Waals surface area contributed by atoms with E-state index in [-0.39, 0.29) is 28.6 Å². The lowest BCUT2D eigenvalue weighted by molar-refractivity contribution is -0.153. The second-order valence-electron chi connectivity index (χ2n) is 9.93. The third kappa shape index (κ3) is 6.51. The van der Waals surface area contributed by atoms with Crippen LogP contribution in [0.15, 0.2) is 47.5 Å². The Balaban J connectivity index is 1.59. The van der Waals surface area contributed by atoms with E-state index in [0.29, 0.717) is 28.2 Å². The highest BCUT2D eigenvalue weighted by atomic mass is 35.5. The maximum absolute atomic E-state index is 13.5. The summed E-state index contributed by atoms with van der Waals surface area (Å²) in [5.74, 6) is -1.45. The van der Waals surface area contributed by atoms with Crippen molar-refractivity contribution in [3.63, 3.8) is 0 Å². The Labute approximate surface area is 237 Å². The monoisotopic (exact) mass is 595 g/mol. The number of halogens is 4. The number of methoxy groups -OCH3 is 1. The van der Waals surface area contributed by atoms with E-state index >= 15 is 0 Å². The number of aromatic nitrogens is 2. The third-order valence-electron chi connectivity index (χ3n) is 5.94. The molecule has 1 unspecified atom stereocenters. The molecule has 0 spiro atoms. The number of fused-ring (bicyclic) bond motifs is 1. The maximum atomic E-state index is 13.5. The highest BCUT2D eigenvalue weighted by Crippen LogP contribution is 2.36. The van der Waals surface area contributed by atoms with Gasteiger partial charge in [0.15, 0.2) is 6.04 Å². The number of ether oxygens (including phenoxy) is 2. The number of hydrogen-bond donors (Lipinski definition) is 0. The summed E-state index contributed by atoms with van der Waals surface area (Å²) < 4.78 is 52.5. The Morgan fingerprint density at radius 3 is 2.52 bits per heavy atom. The summed E-state index contributed by atoms with van der Waals surface area (Å²) in [6.45, 7) is 4.96. The van der Waals surface area contributed by atoms with Crippen molar-refractivity contribution < 1.29 is 37.0 Å². The van der Waals surface area contributed by atoms with E-state index in [4.69, 9.17) is 21.1 Å². The molecular weight excluding hydrogens is 571 g/mol. The van der Waals surface area contributed by atoms with Gasteiger partial charge in [0.1, 0.15) is 0 Å². The van der Waals surface area contributed by atoms with E-state index in [2.05, 4.69) is 5.10 Å². The molecular formula is C27H25ClF3N3O5S. The molecule has 1 fully saturated rings. The van der Waals surface area contributed by atoms with Crippen LogP contribution >= 0.6 is 23.4 Å². The fourth-order valence-corrected chi connectivity index (χ4v) is 5.10. The zero-order valence-corrected chi connectivity index (χ0v) is 23.5. The number of hydrogen-bond acceptors (Lipinski definition) is 7. The van der Waals surface area contributed by atoms with E-state index in [9.17, 15) is 27.6 Å². The van der Waals surface area contributed by atoms with Gasteiger partial charge in [-0.3, -0.25) is 19.2 Å². The van der Waals surface area contributed by atoms with Crippen LogP contribution in [0.5, 0.6) is 0 Å². The summed E-state index contributed by atoms with van der Waals surface area (Å²) in [6, 6.07) is 7.35. The van der Waals surface area contributed by atoms with Crippen molar-refractivity contribution in [2.24, 2.45) is 0 Å². The summed E-state index contributed by atoms with van der Waals surface area (Å²) in [6.07, 6.45) is -1.58. The van der Waals surface area contributed by atoms with Gasteiger partial charge in [0, 0.05) is 10.4 Å². The van der Waals surface area contributed by atoms with Crippen LogP contribution in [-0.2, 0) is 31.8 Å². The topological polar surface area (TPSA) is 90.7 Å². The molecule has 1 aliphatic rings. The van der Waals surface area contributed by atoms with Crippen LogP contribution in [0.2, 0.25) is 5.02 Å². The fraction of sp³-hybridized carbons (Fsp3) is 0.333. The van der Waals surface area contributed by atoms with E-state index in [1.165, 1.54) is 29.1 Å². The fourth-order valence-electron chi connectivity index (χ4n) is 4.05. The zero-order valence-electron chi connectivity index (χ0n) is 21.9. The summed E-state index contributed by atoms with van der Waals surface area (Å²) in [4.78, 5) is 39.2. The molecule has 4 rings (SSSR count). The lowest BCUT2D eigenvalue weighted by Gasteiger charge is -2.27. The molecule has 8 nitrogen and oxygen atoms in total. The van der Waals surface area contributed by atoms with Gasteiger partial charge in [0.2, 0.25) is 0 Å². The number of rotatable bonds is 7. The van der Waals surface area contributed by atoms with Gasteiger partial charge in [0.05, 0.1) is 48.0 Å². The highest BCUT2D eigenvalue weighted by Gasteiger charge is 2.44. The Hall–Kier alpha value is -3.35. The van der Waals surface area contributed by atoms with Gasteiger partial charge in [-0.25, -0.2) is 4.79 Å². The van der Waals surface area contributed by atoms with Crippen molar-refractivity contribution in [3.05, 3.63) is 69.2 Å². The molecule has 3 aromatic rings. The van der Waals surface area contributed by atoms with Crippen LogP contribution in [-0.4, -0.2) is 57.2 Å². The molecule has 2 aromatic carbocycles. The zero-order chi connectivity index (χ0) is 29.4. The first-order chi connectivity index (χ1) is 18.7. The Morgan fingerprint density at radius 1 is 1.15 bits per heavy atom. The summed E-state index contributed by atoms with van der Waals surface area (Å²) >= 11 is 6.46. The van der Waals surface area contributed by atoms with Crippen LogP contribution in [0, 0.1) is 0 Å². The molecule has 40 heavy (non-hydrogen) atoms. The molecule has 0 saturated carbocycles. The van der Waals surface area contributed by atoms with Crippen molar-refractivity contribution in [2.75, 3.05) is 13.7 Å². The van der Waals surface area contributed by atoms with Crippen LogP contribution in [0.3, 0.4) is 0 Å². The highest BCUT2D eigenvalue weighted by molar-refractivity contribution is 8.18. The lowest BCUT2D eigenvalue weighted by atomic mass is 10.1. The first-order valence-electron chi connectivity index (χ1n) is 12.0. The van der Waals surface area contributed by atoms with Crippen molar-refractivity contribution in [1.29, 1.82) is 0 Å². The molecule has 0 aliphatic carbocycles. The SMILES string of the molecule is COC(=O)C(COC(C)(C)C)N1C(=O)SC(=Cc2ccc3c(cnn3Cc3ccc(Cl)cc3C(F)(F)F)c2)C1=O. The number of carbonyl (C=O) groups excluding carboxylic acids is 3. The van der Waals surface area contributed by atoms with Gasteiger partial charge >= 0.3 is 12.1 Å². The molecule has 13 heteroatoms. The van der Waals surface area contributed by atoms with Crippen LogP contribution in [0.4, 0.5) is 18.0 Å². The number of alkyl halides is 3. The smallest absolute Gasteiger partial charge is 0.416 e. The summed E-state index contributed by atoms with van der Waals surface area (Å²) in [5, 5.41) is 4.19. The minimum atomic E-state index is -4.58. The van der Waals surface area contributed by atoms with Gasteiger partial charge in [-0.2, -0.15) is 18.3 Å². The lowest BCUT2D eigenvalue weighted by Crippen LogP contribution is -2.48. The minimum Gasteiger partial charge on any atom is -0.467 e. The molecule has 1 aliphatic heterocycles. The van der Waals surface area contributed by atoms with Crippen LogP contribution in [0.25, 0.3) is 17.0 Å². The van der Waals surface area contributed by atoms with Gasteiger partial charge < -0.3 is 9.47 Å². The minimum absolute atomic E-state index is 0.00949. The number of benzene rings is 2. The Bertz CT molecular complexity index is 1510. The van der Waals surface area contributed by atoms with Crippen LogP contribution in [0.1, 0.15) is 37.5 Å². The van der Waals surface area contributed by atoms with E-state index in [1.54, 1.807) is 39.0 Å². The van der Waals surface area contributed by atoms with Gasteiger partial charge in [-0.05, 0) is 74.0 Å². The second kappa shape index (κ2) is 11.3. The second-order valence-corrected chi connectivity index (χ2v) is 11.4. The van der Waals surface area contributed by atoms with Crippen molar-refractivity contribution in [1.82, 2.24) is 14.7 Å². The molecule has 1 saturated heterocycles. The van der Waals surface area contributed by atoms with E-state index in [1.807, 2.05) is 0 Å². The van der Waals surface area contributed by atoms with Crippen molar-refractivity contribution >= 4 is 57.5 Å². The largest absolute Gasteiger partial charge is 0.467 e. The van der Waals surface area contributed by atoms with Gasteiger partial charge in [-0.15, -0.1) is 0 Å². The number of thioether (sulfide) groups is 1. The summed E-state index contributed by atoms with van der Waals surface area (Å²) in [5.41, 5.74) is -0.325. The number of amides is 2. The molecule has 1 aromatic heterocycles. The molecule has 1 atom stereocenters. The molecule has 0 bridgehead atoms. The molecule has 0 N–H and O–H groups in total. The predicted molar refractivity (Wildman–Crippen MR) is 145 cm³/mol. The Morgan fingerprint density at radius 2 is 1.88 bits per heavy atom. The first kappa shape index (κ1) is 29.6. The quantitative estimate of drug-likeness (QED) is 0.239. The third-order valence-corrected chi connectivity index (χ3v) is 7.06. The molecule has 0 radical (unpaired) electrons. The van der Waals surface area contributed by atoms with E-state index in [0.717, 1.165) is 18.1 Å². The average Bonchev–Trinajstić information content (AvgIpc) is 3.38.